The molecule has 0 unspecified atom stereocenters. The molecule has 4 heteroatoms. The Labute approximate surface area is 103 Å². The van der Waals surface area contributed by atoms with E-state index >= 15 is 0 Å². The summed E-state index contributed by atoms with van der Waals surface area (Å²) in [6.07, 6.45) is 1.53. The number of hydrogen-bond acceptors (Lipinski definition) is 2. The molecule has 13 heavy (non-hydrogen) atoms. The van der Waals surface area contributed by atoms with Crippen LogP contribution >= 0.6 is 8.69 Å². The zero-order valence-corrected chi connectivity index (χ0v) is 7.61. The van der Waals surface area contributed by atoms with Gasteiger partial charge in [0.05, 0.1) is 6.61 Å². The topological polar surface area (TPSA) is 26.3 Å². The molecule has 0 aliphatic carbocycles. The van der Waals surface area contributed by atoms with E-state index in [1.165, 1.54) is 6.08 Å². The van der Waals surface area contributed by atoms with E-state index in [1.807, 2.05) is 36.4 Å². The van der Waals surface area contributed by atoms with Gasteiger partial charge in [0.2, 0.25) is 0 Å². The maximum atomic E-state index is 9.39. The van der Waals surface area contributed by atoms with Crippen molar-refractivity contribution in [1.82, 2.24) is 0 Å². The summed E-state index contributed by atoms with van der Waals surface area (Å²) in [5, 5.41) is 0. The second kappa shape index (κ2) is 14.5. The monoisotopic (exact) mass is 206 g/mol. The minimum Gasteiger partial charge on any atom is -0.0623 e. The van der Waals surface area contributed by atoms with Gasteiger partial charge in [0, 0.05) is 0 Å². The summed E-state index contributed by atoms with van der Waals surface area (Å²) in [6, 6.07) is 12.0. The normalized spacial score (nSPS) is 7.69. The fraction of sp³-hybridized carbons (Fsp3) is 0.111. The van der Waals surface area contributed by atoms with Gasteiger partial charge in [-0.1, -0.05) is 42.5 Å². The summed E-state index contributed by atoms with van der Waals surface area (Å²) < 4.78 is 13.7. The molecule has 0 saturated heterocycles. The van der Waals surface area contributed by atoms with E-state index in [0.717, 1.165) is 0 Å². The first-order valence-corrected chi connectivity index (χ1v) is 4.20. The van der Waals surface area contributed by atoms with Crippen LogP contribution in [0.4, 0.5) is 0 Å². The maximum absolute atomic E-state index is 9.39. The molecule has 0 aromatic heterocycles. The molecule has 1 aromatic rings. The van der Waals surface area contributed by atoms with Crippen molar-refractivity contribution in [2.75, 3.05) is 6.61 Å². The average Bonchev–Trinajstić information content (AvgIpc) is 2.18. The van der Waals surface area contributed by atoms with E-state index in [0.29, 0.717) is 6.61 Å². The van der Waals surface area contributed by atoms with Crippen molar-refractivity contribution in [2.45, 2.75) is 0 Å². The molecule has 0 amide bonds. The SMILES string of the molecule is C=CCOP=O.[NaH].c1ccccc1. The second-order valence-electron chi connectivity index (χ2n) is 1.81. The molecule has 0 fully saturated rings. The first-order valence-electron chi connectivity index (χ1n) is 3.47. The summed E-state index contributed by atoms with van der Waals surface area (Å²) in [5.41, 5.74) is 0. The van der Waals surface area contributed by atoms with E-state index < -0.39 is 0 Å². The standard InChI is InChI=1S/C6H6.C3H5O2P.Na.H/c1-2-4-6-5-3-1;1-2-3-5-6-4;;/h1-6H;2H,1,3H2;;. The van der Waals surface area contributed by atoms with E-state index in [-0.39, 0.29) is 38.2 Å². The number of hydrogen-bond donors (Lipinski definition) is 0. The Hall–Kier alpha value is 0.0200. The smallest absolute Gasteiger partial charge is 0.0623 e. The fourth-order valence-electron chi connectivity index (χ4n) is 0.468. The van der Waals surface area contributed by atoms with Gasteiger partial charge in [-0.25, -0.2) is 4.57 Å². The maximum Gasteiger partial charge on any atom is -0.0623 e. The third-order valence-electron chi connectivity index (χ3n) is 0.912. The van der Waals surface area contributed by atoms with Crippen LogP contribution in [-0.4, -0.2) is 36.2 Å². The third-order valence-corrected chi connectivity index (χ3v) is 1.17. The summed E-state index contributed by atoms with van der Waals surface area (Å²) in [4.78, 5) is 0. The van der Waals surface area contributed by atoms with Gasteiger partial charge in [-0.2, -0.15) is 0 Å². The zero-order valence-electron chi connectivity index (χ0n) is 6.72. The molecule has 66 valence electrons. The minimum atomic E-state index is -0.276. The van der Waals surface area contributed by atoms with Crippen LogP contribution in [0.5, 0.6) is 0 Å². The Morgan fingerprint density at radius 3 is 1.69 bits per heavy atom. The van der Waals surface area contributed by atoms with Crippen LogP contribution in [0.15, 0.2) is 49.1 Å². The Bertz CT molecular complexity index is 169. The molecule has 2 nitrogen and oxygen atoms in total. The van der Waals surface area contributed by atoms with Crippen molar-refractivity contribution >= 4 is 38.2 Å². The molecule has 0 bridgehead atoms. The van der Waals surface area contributed by atoms with Crippen molar-refractivity contribution in [1.29, 1.82) is 0 Å². The van der Waals surface area contributed by atoms with E-state index in [2.05, 4.69) is 11.1 Å². The zero-order chi connectivity index (χ0) is 9.07. The Balaban J connectivity index is 0. The van der Waals surface area contributed by atoms with Crippen LogP contribution in [0.25, 0.3) is 0 Å². The first kappa shape index (κ1) is 15.5. The largest absolute Gasteiger partial charge is 0.0623 e. The molecule has 0 aliphatic rings. The second-order valence-corrected chi connectivity index (χ2v) is 2.22. The predicted octanol–water partition coefficient (Wildman–Crippen LogP) is 2.43. The molecule has 1 aromatic carbocycles. The van der Waals surface area contributed by atoms with Gasteiger partial charge in [0.25, 0.3) is 0 Å². The van der Waals surface area contributed by atoms with Gasteiger partial charge < -0.3 is 0 Å². The summed E-state index contributed by atoms with van der Waals surface area (Å²) in [7, 11) is -0.276. The Morgan fingerprint density at radius 1 is 1.15 bits per heavy atom. The van der Waals surface area contributed by atoms with Gasteiger partial charge in [-0.05, 0) is 0 Å². The third kappa shape index (κ3) is 14.8. The predicted molar refractivity (Wildman–Crippen MR) is 57.3 cm³/mol. The molecule has 0 spiro atoms. The first-order chi connectivity index (χ1) is 5.91. The van der Waals surface area contributed by atoms with E-state index in [9.17, 15) is 4.57 Å². The Kier molecular flexibility index (Phi) is 17.3. The Morgan fingerprint density at radius 2 is 1.54 bits per heavy atom. The van der Waals surface area contributed by atoms with Crippen LogP contribution in [0.3, 0.4) is 0 Å². The number of benzene rings is 1. The molecular weight excluding hydrogens is 194 g/mol. The molecule has 0 atom stereocenters. The van der Waals surface area contributed by atoms with Crippen LogP contribution in [0, 0.1) is 0 Å². The molecule has 0 N–H and O–H groups in total. The van der Waals surface area contributed by atoms with E-state index in [4.69, 9.17) is 0 Å². The van der Waals surface area contributed by atoms with Gasteiger partial charge in [0.1, 0.15) is 0 Å². The molecule has 0 aliphatic heterocycles. The van der Waals surface area contributed by atoms with Crippen molar-refractivity contribution in [2.24, 2.45) is 0 Å². The van der Waals surface area contributed by atoms with Crippen LogP contribution < -0.4 is 0 Å². The summed E-state index contributed by atoms with van der Waals surface area (Å²) in [6.45, 7) is 3.68. The quantitative estimate of drug-likeness (QED) is 0.328. The molecular formula is C9H12NaO2P. The van der Waals surface area contributed by atoms with Crippen molar-refractivity contribution in [3.63, 3.8) is 0 Å². The molecule has 0 saturated carbocycles. The molecule has 0 radical (unpaired) electrons. The van der Waals surface area contributed by atoms with Crippen molar-refractivity contribution in [3.8, 4) is 0 Å². The van der Waals surface area contributed by atoms with Gasteiger partial charge >= 0.3 is 38.2 Å². The number of rotatable bonds is 3. The molecule has 0 heterocycles. The van der Waals surface area contributed by atoms with Gasteiger partial charge in [0.15, 0.2) is 0 Å². The van der Waals surface area contributed by atoms with Crippen LogP contribution in [0.2, 0.25) is 0 Å². The summed E-state index contributed by atoms with van der Waals surface area (Å²) in [5.74, 6) is 0. The van der Waals surface area contributed by atoms with Crippen molar-refractivity contribution in [3.05, 3.63) is 49.1 Å². The van der Waals surface area contributed by atoms with Crippen LogP contribution in [-0.2, 0) is 9.09 Å². The van der Waals surface area contributed by atoms with Gasteiger partial charge in [-0.15, -0.1) is 6.58 Å². The minimum absolute atomic E-state index is 0. The molecule has 1 rings (SSSR count). The van der Waals surface area contributed by atoms with Crippen molar-refractivity contribution < 1.29 is 9.09 Å². The fourth-order valence-corrected chi connectivity index (χ4v) is 0.634. The van der Waals surface area contributed by atoms with Crippen LogP contribution in [0.1, 0.15) is 0 Å². The average molecular weight is 206 g/mol. The summed E-state index contributed by atoms with van der Waals surface area (Å²) >= 11 is 0. The van der Waals surface area contributed by atoms with Gasteiger partial charge in [-0.3, -0.25) is 4.52 Å². The van der Waals surface area contributed by atoms with E-state index in [1.54, 1.807) is 0 Å².